The number of alkyl halides is 3. The molecule has 0 bridgehead atoms. The van der Waals surface area contributed by atoms with Gasteiger partial charge in [0.05, 0.1) is 12.2 Å². The Balaban J connectivity index is 3.87. The molecule has 0 radical (unpaired) electrons. The Kier molecular flexibility index (Phi) is 7.73. The van der Waals surface area contributed by atoms with Crippen molar-refractivity contribution in [1.29, 1.82) is 0 Å². The molecular formula is C18H17ClF3NO4. The number of esters is 1. The van der Waals surface area contributed by atoms with Gasteiger partial charge in [-0.3, -0.25) is 4.79 Å². The first-order valence-electron chi connectivity index (χ1n) is 7.61. The van der Waals surface area contributed by atoms with Crippen molar-refractivity contribution in [2.45, 2.75) is 13.1 Å². The largest absolute Gasteiger partial charge is 0.479 e. The van der Waals surface area contributed by atoms with Gasteiger partial charge in [0.25, 0.3) is 5.91 Å². The van der Waals surface area contributed by atoms with Crippen LogP contribution in [0.2, 0.25) is 5.02 Å². The fourth-order valence-electron chi connectivity index (χ4n) is 2.05. The van der Waals surface area contributed by atoms with Crippen LogP contribution in [0.25, 0.3) is 5.76 Å². The number of ether oxygens (including phenoxy) is 2. The minimum absolute atomic E-state index is 0.0990. The second-order valence-corrected chi connectivity index (χ2v) is 5.74. The van der Waals surface area contributed by atoms with Gasteiger partial charge in [-0.2, -0.15) is 13.2 Å². The Morgan fingerprint density at radius 1 is 1.26 bits per heavy atom. The number of rotatable bonds is 6. The summed E-state index contributed by atoms with van der Waals surface area (Å²) < 4.78 is 50.5. The van der Waals surface area contributed by atoms with Gasteiger partial charge in [-0.15, -0.1) is 6.42 Å². The lowest BCUT2D eigenvalue weighted by Gasteiger charge is -2.20. The molecule has 0 aliphatic carbocycles. The molecule has 0 aliphatic rings. The topological polar surface area (TPSA) is 55.8 Å². The summed E-state index contributed by atoms with van der Waals surface area (Å²) >= 11 is 5.68. The van der Waals surface area contributed by atoms with Gasteiger partial charge in [-0.25, -0.2) is 4.79 Å². The molecule has 1 aromatic rings. The van der Waals surface area contributed by atoms with Gasteiger partial charge >= 0.3 is 12.1 Å². The van der Waals surface area contributed by atoms with Crippen LogP contribution in [0.1, 0.15) is 18.1 Å². The summed E-state index contributed by atoms with van der Waals surface area (Å²) in [6.45, 7) is 0.915. The summed E-state index contributed by atoms with van der Waals surface area (Å²) in [5.74, 6) is -0.572. The van der Waals surface area contributed by atoms with Gasteiger partial charge in [0, 0.05) is 24.7 Å². The van der Waals surface area contributed by atoms with Crippen molar-refractivity contribution in [2.24, 2.45) is 0 Å². The summed E-state index contributed by atoms with van der Waals surface area (Å²) in [6.07, 6.45) is 0.294. The molecule has 0 unspecified atom stereocenters. The van der Waals surface area contributed by atoms with Crippen LogP contribution in [0.15, 0.2) is 23.8 Å². The van der Waals surface area contributed by atoms with E-state index >= 15 is 0 Å². The number of nitrogens with zero attached hydrogens (tertiary/aromatic N) is 1. The SMILES string of the molecule is C#CCO/C(=C(/C(=O)OCC)C(=O)N(C)C)c1ccc(Cl)cc1C(F)(F)F. The van der Waals surface area contributed by atoms with E-state index in [1.807, 2.05) is 0 Å². The standard InChI is InChI=1S/C18H17ClF3NO4/c1-5-9-27-15(14(16(24)23(3)4)17(25)26-6-2)12-8-7-11(19)10-13(12)18(20,21)22/h1,7-8,10H,6,9H2,2-4H3/b15-14+. The molecule has 27 heavy (non-hydrogen) atoms. The maximum absolute atomic E-state index is 13.5. The average Bonchev–Trinajstić information content (AvgIpc) is 2.57. The Morgan fingerprint density at radius 2 is 1.89 bits per heavy atom. The molecule has 5 nitrogen and oxygen atoms in total. The van der Waals surface area contributed by atoms with Crippen molar-refractivity contribution in [3.63, 3.8) is 0 Å². The third-order valence-electron chi connectivity index (χ3n) is 3.16. The highest BCUT2D eigenvalue weighted by molar-refractivity contribution is 6.30. The van der Waals surface area contributed by atoms with E-state index in [-0.39, 0.29) is 11.6 Å². The quantitative estimate of drug-likeness (QED) is 0.182. The number of hydrogen-bond donors (Lipinski definition) is 0. The minimum Gasteiger partial charge on any atom is -0.479 e. The van der Waals surface area contributed by atoms with Crippen LogP contribution < -0.4 is 0 Å². The number of benzene rings is 1. The van der Waals surface area contributed by atoms with E-state index in [2.05, 4.69) is 5.92 Å². The molecule has 0 saturated heterocycles. The van der Waals surface area contributed by atoms with Gasteiger partial charge < -0.3 is 14.4 Å². The minimum atomic E-state index is -4.83. The highest BCUT2D eigenvalue weighted by Crippen LogP contribution is 2.38. The average molecular weight is 404 g/mol. The summed E-state index contributed by atoms with van der Waals surface area (Å²) in [4.78, 5) is 25.8. The van der Waals surface area contributed by atoms with Crippen LogP contribution in [0.4, 0.5) is 13.2 Å². The molecule has 0 saturated carbocycles. The molecular weight excluding hydrogens is 387 g/mol. The lowest BCUT2D eigenvalue weighted by atomic mass is 10.0. The molecule has 0 aromatic heterocycles. The van der Waals surface area contributed by atoms with Gasteiger partial charge in [0.2, 0.25) is 0 Å². The summed E-state index contributed by atoms with van der Waals surface area (Å²) in [7, 11) is 2.65. The number of amides is 1. The monoisotopic (exact) mass is 403 g/mol. The third-order valence-corrected chi connectivity index (χ3v) is 3.39. The molecule has 146 valence electrons. The first-order chi connectivity index (χ1) is 12.5. The fourth-order valence-corrected chi connectivity index (χ4v) is 2.22. The van der Waals surface area contributed by atoms with E-state index in [0.717, 1.165) is 11.0 Å². The van der Waals surface area contributed by atoms with Crippen LogP contribution in [-0.4, -0.2) is 44.1 Å². The number of carbonyl (C=O) groups excluding carboxylic acids is 2. The zero-order chi connectivity index (χ0) is 20.8. The molecule has 1 aromatic carbocycles. The second-order valence-electron chi connectivity index (χ2n) is 5.30. The van der Waals surface area contributed by atoms with Crippen LogP contribution in [0.3, 0.4) is 0 Å². The lowest BCUT2D eigenvalue weighted by molar-refractivity contribution is -0.142. The van der Waals surface area contributed by atoms with Crippen molar-refractivity contribution in [1.82, 2.24) is 4.90 Å². The van der Waals surface area contributed by atoms with Crippen molar-refractivity contribution in [3.8, 4) is 12.3 Å². The maximum atomic E-state index is 13.5. The number of hydrogen-bond acceptors (Lipinski definition) is 4. The lowest BCUT2D eigenvalue weighted by Crippen LogP contribution is -2.30. The van der Waals surface area contributed by atoms with Crippen molar-refractivity contribution < 1.29 is 32.2 Å². The smallest absolute Gasteiger partial charge is 0.417 e. The molecule has 9 heteroatoms. The third kappa shape index (κ3) is 5.66. The molecule has 0 N–H and O–H groups in total. The van der Waals surface area contributed by atoms with Crippen LogP contribution in [0, 0.1) is 12.3 Å². The molecule has 1 amide bonds. The molecule has 1 rings (SSSR count). The maximum Gasteiger partial charge on any atom is 0.417 e. The Labute approximate surface area is 159 Å². The number of terminal acetylenes is 1. The van der Waals surface area contributed by atoms with Crippen LogP contribution in [0.5, 0.6) is 0 Å². The molecule has 0 aliphatic heterocycles. The van der Waals surface area contributed by atoms with Crippen LogP contribution in [-0.2, 0) is 25.2 Å². The number of halogens is 4. The summed E-state index contributed by atoms with van der Waals surface area (Å²) in [5, 5.41) is -0.181. The first kappa shape index (κ1) is 22.4. The second kappa shape index (κ2) is 9.33. The van der Waals surface area contributed by atoms with Crippen molar-refractivity contribution >= 4 is 29.2 Å². The van der Waals surface area contributed by atoms with Gasteiger partial charge in [-0.1, -0.05) is 17.5 Å². The highest BCUT2D eigenvalue weighted by atomic mass is 35.5. The Hall–Kier alpha value is -2.66. The van der Waals surface area contributed by atoms with E-state index in [1.165, 1.54) is 27.1 Å². The van der Waals surface area contributed by atoms with E-state index in [0.29, 0.717) is 6.07 Å². The molecule has 0 spiro atoms. The predicted molar refractivity (Wildman–Crippen MR) is 93.5 cm³/mol. The fraction of sp³-hybridized carbons (Fsp3) is 0.333. The van der Waals surface area contributed by atoms with Gasteiger partial charge in [0.15, 0.2) is 5.57 Å². The number of carbonyl (C=O) groups is 2. The van der Waals surface area contributed by atoms with E-state index < -0.39 is 47.1 Å². The first-order valence-corrected chi connectivity index (χ1v) is 7.98. The zero-order valence-corrected chi connectivity index (χ0v) is 15.6. The predicted octanol–water partition coefficient (Wildman–Crippen LogP) is 3.37. The molecule has 0 atom stereocenters. The molecule has 0 fully saturated rings. The van der Waals surface area contributed by atoms with E-state index in [4.69, 9.17) is 27.5 Å². The van der Waals surface area contributed by atoms with Gasteiger partial charge in [-0.05, 0) is 25.1 Å². The van der Waals surface area contributed by atoms with Crippen molar-refractivity contribution in [3.05, 3.63) is 39.9 Å². The Morgan fingerprint density at radius 3 is 2.37 bits per heavy atom. The summed E-state index contributed by atoms with van der Waals surface area (Å²) in [5.41, 5.74) is -2.44. The van der Waals surface area contributed by atoms with Gasteiger partial charge in [0.1, 0.15) is 12.4 Å². The van der Waals surface area contributed by atoms with E-state index in [1.54, 1.807) is 0 Å². The van der Waals surface area contributed by atoms with Crippen LogP contribution >= 0.6 is 11.6 Å². The Bertz CT molecular complexity index is 795. The molecule has 0 heterocycles. The van der Waals surface area contributed by atoms with E-state index in [9.17, 15) is 22.8 Å². The normalized spacial score (nSPS) is 11.9. The summed E-state index contributed by atoms with van der Waals surface area (Å²) in [6, 6.07) is 2.84. The number of likely N-dealkylation sites (N-methyl/N-ethyl adjacent to an activating group) is 1. The zero-order valence-electron chi connectivity index (χ0n) is 14.8. The highest BCUT2D eigenvalue weighted by Gasteiger charge is 2.37. The van der Waals surface area contributed by atoms with Crippen molar-refractivity contribution in [2.75, 3.05) is 27.3 Å².